The molecule has 1 N–H and O–H groups in total. The molecule has 36 heavy (non-hydrogen) atoms. The van der Waals surface area contributed by atoms with Crippen molar-refractivity contribution in [3.8, 4) is 0 Å². The number of hydrogen-bond acceptors (Lipinski definition) is 4. The molecule has 3 aromatic rings. The minimum atomic E-state index is -4.23. The van der Waals surface area contributed by atoms with Crippen molar-refractivity contribution in [1.29, 1.82) is 0 Å². The fourth-order valence-corrected chi connectivity index (χ4v) is 5.63. The summed E-state index contributed by atoms with van der Waals surface area (Å²) in [6.45, 7) is 0.958. The third kappa shape index (κ3) is 6.50. The van der Waals surface area contributed by atoms with Crippen LogP contribution in [0, 0.1) is 0 Å². The predicted octanol–water partition coefficient (Wildman–Crippen LogP) is 5.01. The fraction of sp³-hybridized carbons (Fsp3) is 0.200. The first-order chi connectivity index (χ1) is 17.0. The van der Waals surface area contributed by atoms with E-state index >= 15 is 0 Å². The van der Waals surface area contributed by atoms with E-state index in [-0.39, 0.29) is 27.2 Å². The lowest BCUT2D eigenvalue weighted by atomic mass is 10.1. The van der Waals surface area contributed by atoms with Crippen LogP contribution in [-0.2, 0) is 26.2 Å². The molecule has 0 saturated heterocycles. The first-order valence-corrected chi connectivity index (χ1v) is 13.4. The number of carbonyl (C=O) groups is 2. The van der Waals surface area contributed by atoms with Gasteiger partial charge in [-0.3, -0.25) is 13.9 Å². The monoisotopic (exact) mass is 567 g/mol. The first-order valence-electron chi connectivity index (χ1n) is 10.8. The number of rotatable bonds is 9. The number of sulfonamides is 1. The smallest absolute Gasteiger partial charge is 0.264 e. The van der Waals surface area contributed by atoms with Gasteiger partial charge in [-0.2, -0.15) is 0 Å². The molecule has 0 spiro atoms. The molecule has 0 fully saturated rings. The normalized spacial score (nSPS) is 12.0. The van der Waals surface area contributed by atoms with Gasteiger partial charge in [0.2, 0.25) is 11.8 Å². The van der Waals surface area contributed by atoms with Gasteiger partial charge in [-0.05, 0) is 55.0 Å². The number of halogens is 3. The summed E-state index contributed by atoms with van der Waals surface area (Å²) in [5.74, 6) is -1.04. The Morgan fingerprint density at radius 1 is 0.917 bits per heavy atom. The van der Waals surface area contributed by atoms with E-state index in [1.807, 2.05) is 0 Å². The van der Waals surface area contributed by atoms with Gasteiger partial charge in [0.05, 0.1) is 15.6 Å². The molecule has 1 atom stereocenters. The lowest BCUT2D eigenvalue weighted by molar-refractivity contribution is -0.139. The maximum absolute atomic E-state index is 13.7. The van der Waals surface area contributed by atoms with E-state index in [9.17, 15) is 18.0 Å². The van der Waals surface area contributed by atoms with Crippen LogP contribution in [0.25, 0.3) is 0 Å². The summed E-state index contributed by atoms with van der Waals surface area (Å²) in [6, 6.07) is 18.0. The number of nitrogens with one attached hydrogen (secondary N) is 1. The Labute approximate surface area is 225 Å². The molecule has 2 amide bonds. The molecule has 0 radical (unpaired) electrons. The Hall–Kier alpha value is -2.78. The van der Waals surface area contributed by atoms with Crippen molar-refractivity contribution in [2.45, 2.75) is 24.4 Å². The number of likely N-dealkylation sites (N-methyl/N-ethyl adjacent to an activating group) is 1. The third-order valence-corrected chi connectivity index (χ3v) is 8.01. The number of benzene rings is 3. The lowest BCUT2D eigenvalue weighted by Gasteiger charge is -2.32. The van der Waals surface area contributed by atoms with Crippen LogP contribution < -0.4 is 9.62 Å². The van der Waals surface area contributed by atoms with Crippen molar-refractivity contribution in [3.05, 3.63) is 93.4 Å². The standard InChI is InChI=1S/C25H24Cl3N3O4S/c1-17(25(33)29-2)30(15-18-7-6-8-19(26)13-18)24(32)16-31(23-14-20(27)11-12-22(23)28)36(34,35)21-9-4-3-5-10-21/h3-14,17H,15-16H2,1-2H3,(H,29,33)/t17-/m1/s1. The molecular formula is C25H24Cl3N3O4S. The molecule has 0 aliphatic rings. The van der Waals surface area contributed by atoms with E-state index in [2.05, 4.69) is 5.32 Å². The number of nitrogens with zero attached hydrogens (tertiary/aromatic N) is 2. The molecule has 0 bridgehead atoms. The van der Waals surface area contributed by atoms with Gasteiger partial charge in [0.15, 0.2) is 0 Å². The average molecular weight is 569 g/mol. The highest BCUT2D eigenvalue weighted by Crippen LogP contribution is 2.33. The Morgan fingerprint density at radius 3 is 2.22 bits per heavy atom. The molecule has 0 aliphatic carbocycles. The largest absolute Gasteiger partial charge is 0.357 e. The van der Waals surface area contributed by atoms with E-state index < -0.39 is 34.4 Å². The van der Waals surface area contributed by atoms with E-state index in [4.69, 9.17) is 34.8 Å². The zero-order valence-electron chi connectivity index (χ0n) is 19.5. The van der Waals surface area contributed by atoms with Crippen molar-refractivity contribution < 1.29 is 18.0 Å². The minimum absolute atomic E-state index is 0.0243. The predicted molar refractivity (Wildman–Crippen MR) is 143 cm³/mol. The second kappa shape index (κ2) is 12.0. The van der Waals surface area contributed by atoms with Gasteiger partial charge in [0.1, 0.15) is 12.6 Å². The Morgan fingerprint density at radius 2 is 1.58 bits per heavy atom. The minimum Gasteiger partial charge on any atom is -0.357 e. The van der Waals surface area contributed by atoms with Crippen LogP contribution in [0.2, 0.25) is 15.1 Å². The van der Waals surface area contributed by atoms with E-state index in [0.717, 1.165) is 4.31 Å². The van der Waals surface area contributed by atoms with Gasteiger partial charge in [-0.1, -0.05) is 65.1 Å². The lowest BCUT2D eigenvalue weighted by Crippen LogP contribution is -2.50. The summed E-state index contributed by atoms with van der Waals surface area (Å²) in [4.78, 5) is 27.4. The average Bonchev–Trinajstić information content (AvgIpc) is 2.86. The van der Waals surface area contributed by atoms with Crippen LogP contribution in [-0.4, -0.2) is 44.8 Å². The molecule has 11 heteroatoms. The van der Waals surface area contributed by atoms with Gasteiger partial charge < -0.3 is 10.2 Å². The zero-order chi connectivity index (χ0) is 26.5. The molecule has 3 rings (SSSR count). The fourth-order valence-electron chi connectivity index (χ4n) is 3.53. The van der Waals surface area contributed by atoms with Crippen molar-refractivity contribution in [2.75, 3.05) is 17.9 Å². The van der Waals surface area contributed by atoms with Gasteiger partial charge in [-0.25, -0.2) is 8.42 Å². The number of carbonyl (C=O) groups excluding carboxylic acids is 2. The Balaban J connectivity index is 2.07. The van der Waals surface area contributed by atoms with Crippen LogP contribution in [0.4, 0.5) is 5.69 Å². The van der Waals surface area contributed by atoms with Crippen molar-refractivity contribution in [2.24, 2.45) is 0 Å². The molecule has 0 unspecified atom stereocenters. The SMILES string of the molecule is CNC(=O)[C@@H](C)N(Cc1cccc(Cl)c1)C(=O)CN(c1cc(Cl)ccc1Cl)S(=O)(=O)c1ccccc1. The molecule has 3 aromatic carbocycles. The van der Waals surface area contributed by atoms with Gasteiger partial charge in [0, 0.05) is 23.6 Å². The Kier molecular flexibility index (Phi) is 9.24. The van der Waals surface area contributed by atoms with Gasteiger partial charge in [0.25, 0.3) is 10.0 Å². The van der Waals surface area contributed by atoms with Crippen LogP contribution in [0.15, 0.2) is 77.7 Å². The topological polar surface area (TPSA) is 86.8 Å². The highest BCUT2D eigenvalue weighted by molar-refractivity contribution is 7.92. The number of amides is 2. The van der Waals surface area contributed by atoms with Crippen LogP contribution in [0.1, 0.15) is 12.5 Å². The van der Waals surface area contributed by atoms with Crippen LogP contribution >= 0.6 is 34.8 Å². The van der Waals surface area contributed by atoms with Gasteiger partial charge in [-0.15, -0.1) is 0 Å². The van der Waals surface area contributed by atoms with E-state index in [0.29, 0.717) is 10.6 Å². The number of hydrogen-bond donors (Lipinski definition) is 1. The van der Waals surface area contributed by atoms with Crippen LogP contribution in [0.3, 0.4) is 0 Å². The summed E-state index contributed by atoms with van der Waals surface area (Å²) >= 11 is 18.6. The van der Waals surface area contributed by atoms with Crippen molar-refractivity contribution in [3.63, 3.8) is 0 Å². The molecule has 190 valence electrons. The second-order valence-electron chi connectivity index (χ2n) is 7.86. The summed E-state index contributed by atoms with van der Waals surface area (Å²) in [6.07, 6.45) is 0. The van der Waals surface area contributed by atoms with E-state index in [1.165, 1.54) is 42.3 Å². The molecule has 0 aliphatic heterocycles. The summed E-state index contributed by atoms with van der Waals surface area (Å²) in [5.41, 5.74) is 0.710. The zero-order valence-corrected chi connectivity index (χ0v) is 22.6. The molecular weight excluding hydrogens is 545 g/mol. The molecule has 7 nitrogen and oxygen atoms in total. The summed E-state index contributed by atoms with van der Waals surface area (Å²) in [5, 5.41) is 3.32. The molecule has 0 aromatic heterocycles. The van der Waals surface area contributed by atoms with Gasteiger partial charge >= 0.3 is 0 Å². The summed E-state index contributed by atoms with van der Waals surface area (Å²) in [7, 11) is -2.77. The summed E-state index contributed by atoms with van der Waals surface area (Å²) < 4.78 is 28.3. The van der Waals surface area contributed by atoms with Crippen molar-refractivity contribution >= 4 is 62.3 Å². The second-order valence-corrected chi connectivity index (χ2v) is 11.0. The van der Waals surface area contributed by atoms with E-state index in [1.54, 1.807) is 49.4 Å². The third-order valence-electron chi connectivity index (χ3n) is 5.44. The van der Waals surface area contributed by atoms with Crippen molar-refractivity contribution in [1.82, 2.24) is 10.2 Å². The quantitative estimate of drug-likeness (QED) is 0.393. The first kappa shape index (κ1) is 27.8. The highest BCUT2D eigenvalue weighted by atomic mass is 35.5. The number of anilines is 1. The molecule has 0 saturated carbocycles. The Bertz CT molecular complexity index is 1350. The maximum Gasteiger partial charge on any atom is 0.264 e. The molecule has 0 heterocycles. The maximum atomic E-state index is 13.7. The van der Waals surface area contributed by atoms with Crippen LogP contribution in [0.5, 0.6) is 0 Å². The highest BCUT2D eigenvalue weighted by Gasteiger charge is 2.33.